The molecule has 10 aromatic rings. The number of aromatic nitrogens is 1. The molecule has 2 heteroatoms. The number of benzene rings is 9. The summed E-state index contributed by atoms with van der Waals surface area (Å²) < 4.78 is 2.30. The van der Waals surface area contributed by atoms with Gasteiger partial charge in [-0.15, -0.1) is 0 Å². The van der Waals surface area contributed by atoms with Crippen molar-refractivity contribution in [2.45, 2.75) is 6.92 Å². The Labute approximate surface area is 308 Å². The molecule has 2 N–H and O–H groups in total. The molecule has 9 aromatic carbocycles. The van der Waals surface area contributed by atoms with Gasteiger partial charge in [-0.05, 0) is 125 Å². The number of fused-ring (bicyclic) bond motifs is 5. The minimum atomic E-state index is 1.09. The number of nitrogens with two attached hydrogens (primary N) is 1. The van der Waals surface area contributed by atoms with Crippen LogP contribution in [0.5, 0.6) is 0 Å². The van der Waals surface area contributed by atoms with Gasteiger partial charge in [0, 0.05) is 11.1 Å². The Hall–Kier alpha value is -6.90. The minimum absolute atomic E-state index is 1.09. The number of para-hydroxylation sites is 1. The monoisotopic (exact) mass is 676 g/mol. The maximum Gasteiger partial charge on any atom is 0.0538 e. The van der Waals surface area contributed by atoms with Gasteiger partial charge in [-0.2, -0.15) is 0 Å². The van der Waals surface area contributed by atoms with Crippen molar-refractivity contribution in [2.24, 2.45) is 5.73 Å². The van der Waals surface area contributed by atoms with Crippen LogP contribution in [0.15, 0.2) is 182 Å². The molecule has 0 fully saturated rings. The summed E-state index contributed by atoms with van der Waals surface area (Å²) in [6, 6.07) is 64.3. The van der Waals surface area contributed by atoms with Crippen molar-refractivity contribution in [3.05, 3.63) is 193 Å². The third-order valence-corrected chi connectivity index (χ3v) is 11.0. The second-order valence-electron chi connectivity index (χ2n) is 13.8. The van der Waals surface area contributed by atoms with Crippen molar-refractivity contribution in [3.63, 3.8) is 0 Å². The summed E-state index contributed by atoms with van der Waals surface area (Å²) in [4.78, 5) is 0. The van der Waals surface area contributed by atoms with Crippen molar-refractivity contribution in [3.8, 4) is 39.1 Å². The highest BCUT2D eigenvalue weighted by molar-refractivity contribution is 6.25. The molecule has 0 unspecified atom stereocenters. The lowest BCUT2D eigenvalue weighted by Gasteiger charge is -2.20. The Bertz CT molecular complexity index is 3010. The van der Waals surface area contributed by atoms with Crippen LogP contribution >= 0.6 is 0 Å². The van der Waals surface area contributed by atoms with Gasteiger partial charge in [0.1, 0.15) is 0 Å². The zero-order chi connectivity index (χ0) is 35.5. The summed E-state index contributed by atoms with van der Waals surface area (Å²) in [5, 5.41) is 11.2. The standard InChI is InChI=1S/C51H36N2/c1-33-47-32-35(26-29-49(47)53(48(33)30-31-52)36-16-3-2-4-17-36)38-27-28-46(40-20-8-7-19-39(38)40)51-44-23-11-9-21-42(44)50(43-22-10-12-24-45(43)51)41-25-13-15-34-14-5-6-18-37(34)41/h2-32H,52H2,1H3/b31-30-. The maximum absolute atomic E-state index is 5.98. The summed E-state index contributed by atoms with van der Waals surface area (Å²) >= 11 is 0. The third-order valence-electron chi connectivity index (χ3n) is 11.0. The Morgan fingerprint density at radius 3 is 1.58 bits per heavy atom. The van der Waals surface area contributed by atoms with Crippen LogP contribution < -0.4 is 5.73 Å². The molecule has 2 nitrogen and oxygen atoms in total. The van der Waals surface area contributed by atoms with Gasteiger partial charge >= 0.3 is 0 Å². The summed E-state index contributed by atoms with van der Waals surface area (Å²) in [6.07, 6.45) is 3.64. The molecule has 0 aliphatic carbocycles. The molecule has 0 radical (unpaired) electrons. The van der Waals surface area contributed by atoms with Crippen LogP contribution in [-0.4, -0.2) is 4.57 Å². The van der Waals surface area contributed by atoms with E-state index in [0.717, 1.165) is 16.9 Å². The molecular weight excluding hydrogens is 641 g/mol. The first kappa shape index (κ1) is 30.9. The molecule has 0 atom stereocenters. The zero-order valence-corrected chi connectivity index (χ0v) is 29.4. The minimum Gasteiger partial charge on any atom is -0.405 e. The largest absolute Gasteiger partial charge is 0.405 e. The van der Waals surface area contributed by atoms with Crippen LogP contribution in [0.2, 0.25) is 0 Å². The normalized spacial score (nSPS) is 11.9. The molecule has 1 aromatic heterocycles. The fourth-order valence-corrected chi connectivity index (χ4v) is 8.70. The number of aryl methyl sites for hydroxylation is 1. The number of hydrogen-bond donors (Lipinski definition) is 1. The van der Waals surface area contributed by atoms with Gasteiger partial charge in [-0.25, -0.2) is 0 Å². The molecule has 53 heavy (non-hydrogen) atoms. The first-order valence-corrected chi connectivity index (χ1v) is 18.2. The Morgan fingerprint density at radius 2 is 0.943 bits per heavy atom. The van der Waals surface area contributed by atoms with E-state index in [1.165, 1.54) is 87.4 Å². The highest BCUT2D eigenvalue weighted by Gasteiger charge is 2.21. The van der Waals surface area contributed by atoms with Crippen LogP contribution in [0, 0.1) is 6.92 Å². The lowest BCUT2D eigenvalue weighted by Crippen LogP contribution is -1.97. The molecule has 0 bridgehead atoms. The zero-order valence-electron chi connectivity index (χ0n) is 29.4. The topological polar surface area (TPSA) is 30.9 Å². The summed E-state index contributed by atoms with van der Waals surface area (Å²) in [7, 11) is 0. The van der Waals surface area contributed by atoms with E-state index in [1.54, 1.807) is 6.20 Å². The van der Waals surface area contributed by atoms with E-state index in [9.17, 15) is 0 Å². The second-order valence-corrected chi connectivity index (χ2v) is 13.8. The van der Waals surface area contributed by atoms with E-state index in [4.69, 9.17) is 5.73 Å². The van der Waals surface area contributed by atoms with Crippen molar-refractivity contribution < 1.29 is 0 Å². The average Bonchev–Trinajstić information content (AvgIpc) is 3.49. The number of rotatable bonds is 5. The molecular formula is C51H36N2. The Balaban J connectivity index is 1.22. The molecule has 250 valence electrons. The predicted molar refractivity (Wildman–Crippen MR) is 228 cm³/mol. The molecule has 0 saturated heterocycles. The van der Waals surface area contributed by atoms with Gasteiger partial charge in [0.2, 0.25) is 0 Å². The lowest BCUT2D eigenvalue weighted by atomic mass is 9.83. The van der Waals surface area contributed by atoms with E-state index in [0.29, 0.717) is 0 Å². The van der Waals surface area contributed by atoms with E-state index >= 15 is 0 Å². The van der Waals surface area contributed by atoms with Gasteiger partial charge in [-0.3, -0.25) is 0 Å². The average molecular weight is 677 g/mol. The van der Waals surface area contributed by atoms with E-state index < -0.39 is 0 Å². The van der Waals surface area contributed by atoms with E-state index in [-0.39, 0.29) is 0 Å². The highest BCUT2D eigenvalue weighted by Crippen LogP contribution is 2.47. The van der Waals surface area contributed by atoms with Crippen LogP contribution in [0.3, 0.4) is 0 Å². The van der Waals surface area contributed by atoms with Gasteiger partial charge in [-0.1, -0.05) is 152 Å². The second kappa shape index (κ2) is 12.4. The summed E-state index contributed by atoms with van der Waals surface area (Å²) in [5.74, 6) is 0. The molecule has 0 saturated carbocycles. The fourth-order valence-electron chi connectivity index (χ4n) is 8.70. The van der Waals surface area contributed by atoms with Crippen LogP contribution in [-0.2, 0) is 0 Å². The smallest absolute Gasteiger partial charge is 0.0538 e. The predicted octanol–water partition coefficient (Wildman–Crippen LogP) is 13.5. The quantitative estimate of drug-likeness (QED) is 0.181. The number of nitrogens with zero attached hydrogens (tertiary/aromatic N) is 1. The first-order valence-electron chi connectivity index (χ1n) is 18.2. The van der Waals surface area contributed by atoms with Crippen LogP contribution in [0.25, 0.3) is 99.1 Å². The first-order chi connectivity index (χ1) is 26.2. The molecule has 0 amide bonds. The maximum atomic E-state index is 5.98. The Kier molecular flexibility index (Phi) is 7.23. The summed E-state index contributed by atoms with van der Waals surface area (Å²) in [5.41, 5.74) is 18.0. The Morgan fingerprint density at radius 1 is 0.434 bits per heavy atom. The van der Waals surface area contributed by atoms with Crippen molar-refractivity contribution in [2.75, 3.05) is 0 Å². The van der Waals surface area contributed by atoms with E-state index in [1.807, 2.05) is 6.08 Å². The molecule has 10 rings (SSSR count). The van der Waals surface area contributed by atoms with Gasteiger partial charge in [0.25, 0.3) is 0 Å². The van der Waals surface area contributed by atoms with Crippen molar-refractivity contribution >= 4 is 60.1 Å². The van der Waals surface area contributed by atoms with E-state index in [2.05, 4.69) is 187 Å². The van der Waals surface area contributed by atoms with Crippen molar-refractivity contribution in [1.29, 1.82) is 0 Å². The van der Waals surface area contributed by atoms with Gasteiger partial charge < -0.3 is 10.3 Å². The molecule has 0 aliphatic heterocycles. The fraction of sp³-hybridized carbons (Fsp3) is 0.0196. The molecule has 0 spiro atoms. The molecule has 1 heterocycles. The number of hydrogen-bond acceptors (Lipinski definition) is 1. The highest BCUT2D eigenvalue weighted by atomic mass is 15.0. The van der Waals surface area contributed by atoms with Crippen molar-refractivity contribution in [1.82, 2.24) is 4.57 Å². The van der Waals surface area contributed by atoms with Crippen LogP contribution in [0.1, 0.15) is 11.3 Å². The SMILES string of the molecule is Cc1c(/C=C\N)n(-c2ccccc2)c2ccc(-c3ccc(-c4c5ccccc5c(-c5cccc6ccccc56)c5ccccc45)c4ccccc34)cc12. The third kappa shape index (κ3) is 4.80. The molecule has 0 aliphatic rings. The van der Waals surface area contributed by atoms with Crippen LogP contribution in [0.4, 0.5) is 0 Å². The summed E-state index contributed by atoms with van der Waals surface area (Å²) in [6.45, 7) is 2.19. The van der Waals surface area contributed by atoms with Gasteiger partial charge in [0.05, 0.1) is 11.2 Å². The lowest BCUT2D eigenvalue weighted by molar-refractivity contribution is 1.10. The van der Waals surface area contributed by atoms with Gasteiger partial charge in [0.15, 0.2) is 0 Å².